The van der Waals surface area contributed by atoms with Crippen molar-refractivity contribution in [1.29, 1.82) is 0 Å². The Morgan fingerprint density at radius 1 is 1.39 bits per heavy atom. The molecule has 0 spiro atoms. The third kappa shape index (κ3) is 4.03. The molecular weight excluding hydrogens is 321 g/mol. The number of nitrogens with one attached hydrogen (secondary N) is 1. The second-order valence-electron chi connectivity index (χ2n) is 4.92. The standard InChI is InChI=1S/C12H17BrFNO2S/c1-4-12(2,3)8-15-18(16,17)11-6-5-9(13)7-10(11)14/h5-7,15H,4,8H2,1-3H3. The van der Waals surface area contributed by atoms with Crippen molar-refractivity contribution in [2.24, 2.45) is 5.41 Å². The number of rotatable bonds is 5. The van der Waals surface area contributed by atoms with Crippen LogP contribution in [-0.2, 0) is 10.0 Å². The van der Waals surface area contributed by atoms with Crippen LogP contribution in [0.2, 0.25) is 0 Å². The number of hydrogen-bond donors (Lipinski definition) is 1. The summed E-state index contributed by atoms with van der Waals surface area (Å²) in [6, 6.07) is 3.89. The van der Waals surface area contributed by atoms with Crippen molar-refractivity contribution >= 4 is 26.0 Å². The highest BCUT2D eigenvalue weighted by molar-refractivity contribution is 9.10. The first kappa shape index (κ1) is 15.6. The molecule has 1 rings (SSSR count). The fraction of sp³-hybridized carbons (Fsp3) is 0.500. The van der Waals surface area contributed by atoms with Crippen LogP contribution < -0.4 is 4.72 Å². The second kappa shape index (κ2) is 5.67. The van der Waals surface area contributed by atoms with Crippen molar-refractivity contribution in [2.75, 3.05) is 6.54 Å². The molecular formula is C12H17BrFNO2S. The molecule has 0 bridgehead atoms. The first-order valence-electron chi connectivity index (χ1n) is 5.63. The van der Waals surface area contributed by atoms with Crippen molar-refractivity contribution in [3.8, 4) is 0 Å². The first-order valence-corrected chi connectivity index (χ1v) is 7.90. The minimum atomic E-state index is -3.80. The van der Waals surface area contributed by atoms with E-state index in [2.05, 4.69) is 20.7 Å². The maximum absolute atomic E-state index is 13.6. The van der Waals surface area contributed by atoms with Crippen LogP contribution in [0.15, 0.2) is 27.6 Å². The average molecular weight is 338 g/mol. The summed E-state index contributed by atoms with van der Waals surface area (Å²) in [6.45, 7) is 6.16. The van der Waals surface area contributed by atoms with Crippen molar-refractivity contribution in [2.45, 2.75) is 32.1 Å². The monoisotopic (exact) mass is 337 g/mol. The normalized spacial score (nSPS) is 12.7. The molecule has 0 fully saturated rings. The maximum Gasteiger partial charge on any atom is 0.243 e. The summed E-state index contributed by atoms with van der Waals surface area (Å²) in [5.41, 5.74) is -0.154. The summed E-state index contributed by atoms with van der Waals surface area (Å²) in [5.74, 6) is -0.758. The predicted octanol–water partition coefficient (Wildman–Crippen LogP) is 3.30. The Balaban J connectivity index is 2.94. The zero-order chi connectivity index (χ0) is 14.0. The third-order valence-corrected chi connectivity index (χ3v) is 4.81. The van der Waals surface area contributed by atoms with E-state index in [1.54, 1.807) is 0 Å². The van der Waals surface area contributed by atoms with Gasteiger partial charge in [0.25, 0.3) is 0 Å². The SMILES string of the molecule is CCC(C)(C)CNS(=O)(=O)c1ccc(Br)cc1F. The van der Waals surface area contributed by atoms with E-state index >= 15 is 0 Å². The molecule has 1 N–H and O–H groups in total. The molecule has 0 unspecified atom stereocenters. The highest BCUT2D eigenvalue weighted by Crippen LogP contribution is 2.22. The van der Waals surface area contributed by atoms with E-state index < -0.39 is 15.8 Å². The van der Waals surface area contributed by atoms with Gasteiger partial charge in [0.2, 0.25) is 10.0 Å². The van der Waals surface area contributed by atoms with Gasteiger partial charge >= 0.3 is 0 Å². The summed E-state index contributed by atoms with van der Waals surface area (Å²) >= 11 is 3.09. The lowest BCUT2D eigenvalue weighted by Gasteiger charge is -2.22. The Kier molecular flexibility index (Phi) is 4.91. The van der Waals surface area contributed by atoms with Gasteiger partial charge in [-0.15, -0.1) is 0 Å². The first-order chi connectivity index (χ1) is 8.18. The molecule has 6 heteroatoms. The van der Waals surface area contributed by atoms with Gasteiger partial charge < -0.3 is 0 Å². The van der Waals surface area contributed by atoms with Gasteiger partial charge in [0.1, 0.15) is 10.7 Å². The Morgan fingerprint density at radius 3 is 2.50 bits per heavy atom. The number of sulfonamides is 1. The topological polar surface area (TPSA) is 46.2 Å². The number of benzene rings is 1. The van der Waals surface area contributed by atoms with Crippen LogP contribution >= 0.6 is 15.9 Å². The predicted molar refractivity (Wildman–Crippen MR) is 73.4 cm³/mol. The summed E-state index contributed by atoms with van der Waals surface area (Å²) in [6.07, 6.45) is 0.832. The van der Waals surface area contributed by atoms with E-state index in [1.165, 1.54) is 12.1 Å². The Hall–Kier alpha value is -0.460. The molecule has 0 aromatic heterocycles. The minimum Gasteiger partial charge on any atom is -0.211 e. The van der Waals surface area contributed by atoms with Gasteiger partial charge in [0.15, 0.2) is 0 Å². The van der Waals surface area contributed by atoms with Gasteiger partial charge in [0.05, 0.1) is 0 Å². The smallest absolute Gasteiger partial charge is 0.211 e. The maximum atomic E-state index is 13.6. The molecule has 3 nitrogen and oxygen atoms in total. The third-order valence-electron chi connectivity index (χ3n) is 2.88. The molecule has 0 saturated heterocycles. The molecule has 0 radical (unpaired) electrons. The average Bonchev–Trinajstić information content (AvgIpc) is 2.26. The molecule has 102 valence electrons. The minimum absolute atomic E-state index is 0.154. The Bertz CT molecular complexity index is 529. The molecule has 0 aliphatic rings. The van der Waals surface area contributed by atoms with Crippen LogP contribution in [0.25, 0.3) is 0 Å². The van der Waals surface area contributed by atoms with Crippen molar-refractivity contribution in [3.63, 3.8) is 0 Å². The van der Waals surface area contributed by atoms with Crippen LogP contribution in [0, 0.1) is 11.2 Å². The fourth-order valence-corrected chi connectivity index (χ4v) is 2.82. The number of halogens is 2. The molecule has 0 heterocycles. The Morgan fingerprint density at radius 2 is 2.00 bits per heavy atom. The largest absolute Gasteiger partial charge is 0.243 e. The Labute approximate surface area is 116 Å². The molecule has 0 amide bonds. The number of hydrogen-bond acceptors (Lipinski definition) is 2. The van der Waals surface area contributed by atoms with Gasteiger partial charge in [0, 0.05) is 11.0 Å². The van der Waals surface area contributed by atoms with E-state index in [0.29, 0.717) is 4.47 Å². The van der Waals surface area contributed by atoms with Gasteiger partial charge in [-0.1, -0.05) is 36.7 Å². The van der Waals surface area contributed by atoms with E-state index in [9.17, 15) is 12.8 Å². The molecule has 18 heavy (non-hydrogen) atoms. The highest BCUT2D eigenvalue weighted by Gasteiger charge is 2.23. The summed E-state index contributed by atoms with van der Waals surface area (Å²) in [5, 5.41) is 0. The lowest BCUT2D eigenvalue weighted by molar-refractivity contribution is 0.350. The van der Waals surface area contributed by atoms with Crippen LogP contribution in [0.3, 0.4) is 0 Å². The van der Waals surface area contributed by atoms with Crippen molar-refractivity contribution in [1.82, 2.24) is 4.72 Å². The van der Waals surface area contributed by atoms with Gasteiger partial charge in [-0.25, -0.2) is 17.5 Å². The van der Waals surface area contributed by atoms with E-state index in [0.717, 1.165) is 12.5 Å². The van der Waals surface area contributed by atoms with Crippen LogP contribution in [0.4, 0.5) is 4.39 Å². The van der Waals surface area contributed by atoms with E-state index in [4.69, 9.17) is 0 Å². The summed E-state index contributed by atoms with van der Waals surface area (Å²) in [7, 11) is -3.80. The van der Waals surface area contributed by atoms with Gasteiger partial charge in [-0.2, -0.15) is 0 Å². The van der Waals surface area contributed by atoms with Gasteiger partial charge in [-0.3, -0.25) is 0 Å². The lowest BCUT2D eigenvalue weighted by Crippen LogP contribution is -2.34. The van der Waals surface area contributed by atoms with Crippen LogP contribution in [0.1, 0.15) is 27.2 Å². The summed E-state index contributed by atoms with van der Waals surface area (Å²) < 4.78 is 40.5. The molecule has 1 aromatic carbocycles. The molecule has 0 aliphatic heterocycles. The highest BCUT2D eigenvalue weighted by atomic mass is 79.9. The molecule has 0 saturated carbocycles. The molecule has 0 atom stereocenters. The van der Waals surface area contributed by atoms with Crippen LogP contribution in [0.5, 0.6) is 0 Å². The van der Waals surface area contributed by atoms with Gasteiger partial charge in [-0.05, 0) is 30.0 Å². The quantitative estimate of drug-likeness (QED) is 0.895. The summed E-state index contributed by atoms with van der Waals surface area (Å²) in [4.78, 5) is -0.322. The van der Waals surface area contributed by atoms with Crippen LogP contribution in [-0.4, -0.2) is 15.0 Å². The fourth-order valence-electron chi connectivity index (χ4n) is 1.19. The second-order valence-corrected chi connectivity index (χ2v) is 7.57. The van der Waals surface area contributed by atoms with E-state index in [1.807, 2.05) is 20.8 Å². The zero-order valence-electron chi connectivity index (χ0n) is 10.6. The molecule has 0 aliphatic carbocycles. The molecule has 1 aromatic rings. The zero-order valence-corrected chi connectivity index (χ0v) is 13.0. The van der Waals surface area contributed by atoms with E-state index in [-0.39, 0.29) is 16.9 Å². The lowest BCUT2D eigenvalue weighted by atomic mass is 9.91. The van der Waals surface area contributed by atoms with Crippen molar-refractivity contribution < 1.29 is 12.8 Å². The van der Waals surface area contributed by atoms with Crippen molar-refractivity contribution in [3.05, 3.63) is 28.5 Å².